The van der Waals surface area contributed by atoms with Crippen LogP contribution < -0.4 is 0 Å². The maximum Gasteiger partial charge on any atom is 0.495 e. The Hall–Kier alpha value is -3.05. The van der Waals surface area contributed by atoms with Crippen molar-refractivity contribution in [1.29, 1.82) is 5.39 Å². The summed E-state index contributed by atoms with van der Waals surface area (Å²) in [5.74, 6) is -0.326. The predicted molar refractivity (Wildman–Crippen MR) is 87.3 cm³/mol. The summed E-state index contributed by atoms with van der Waals surface area (Å²) in [6.07, 6.45) is 1.13. The SMILES string of the molecule is CS(=O)(=O)c1ccc(-c2[nH]nc([N+]#N)c2-c2ccc(F)cc2)cc1. The number of H-pyrrole nitrogens is 1. The Morgan fingerprint density at radius 2 is 1.62 bits per heavy atom. The van der Waals surface area contributed by atoms with Crippen LogP contribution in [0.3, 0.4) is 0 Å². The highest BCUT2D eigenvalue weighted by Crippen LogP contribution is 2.37. The van der Waals surface area contributed by atoms with E-state index in [-0.39, 0.29) is 16.5 Å². The van der Waals surface area contributed by atoms with Gasteiger partial charge in [-0.3, -0.25) is 0 Å². The third-order valence-electron chi connectivity index (χ3n) is 3.55. The number of aromatic amines is 1. The summed E-state index contributed by atoms with van der Waals surface area (Å²) in [7, 11) is -3.29. The van der Waals surface area contributed by atoms with Gasteiger partial charge in [0, 0.05) is 16.8 Å². The van der Waals surface area contributed by atoms with Crippen molar-refractivity contribution < 1.29 is 12.8 Å². The molecular weight excluding hydrogens is 331 g/mol. The fraction of sp³-hybridized carbons (Fsp3) is 0.0625. The van der Waals surface area contributed by atoms with Crippen molar-refractivity contribution in [3.05, 3.63) is 59.3 Å². The zero-order valence-electron chi connectivity index (χ0n) is 12.6. The average Bonchev–Trinajstić information content (AvgIpc) is 2.99. The topological polar surface area (TPSA) is 91.0 Å². The second kappa shape index (κ2) is 5.86. The van der Waals surface area contributed by atoms with Crippen molar-refractivity contribution in [2.45, 2.75) is 4.90 Å². The van der Waals surface area contributed by atoms with Gasteiger partial charge in [-0.05, 0) is 29.8 Å². The van der Waals surface area contributed by atoms with E-state index in [9.17, 15) is 12.8 Å². The lowest BCUT2D eigenvalue weighted by atomic mass is 10.0. The zero-order chi connectivity index (χ0) is 17.3. The fourth-order valence-electron chi connectivity index (χ4n) is 2.37. The number of diazo groups is 1. The van der Waals surface area contributed by atoms with Gasteiger partial charge in [-0.15, -0.1) is 0 Å². The van der Waals surface area contributed by atoms with Crippen LogP contribution in [0.25, 0.3) is 27.4 Å². The molecule has 0 aliphatic carbocycles. The fourth-order valence-corrected chi connectivity index (χ4v) is 3.00. The average molecular weight is 343 g/mol. The van der Waals surface area contributed by atoms with Crippen LogP contribution in [0.4, 0.5) is 10.2 Å². The van der Waals surface area contributed by atoms with Gasteiger partial charge in [0.05, 0.1) is 15.4 Å². The molecule has 3 aromatic rings. The van der Waals surface area contributed by atoms with E-state index in [0.717, 1.165) is 6.26 Å². The Morgan fingerprint density at radius 1 is 1.04 bits per heavy atom. The molecule has 2 aromatic carbocycles. The number of nitrogens with one attached hydrogen (secondary N) is 1. The molecule has 0 saturated carbocycles. The molecule has 0 fully saturated rings. The summed E-state index contributed by atoms with van der Waals surface area (Å²) < 4.78 is 36.2. The van der Waals surface area contributed by atoms with Gasteiger partial charge in [-0.2, -0.15) is 5.10 Å². The lowest BCUT2D eigenvalue weighted by molar-refractivity contribution is 0.602. The van der Waals surface area contributed by atoms with Gasteiger partial charge >= 0.3 is 5.82 Å². The van der Waals surface area contributed by atoms with Crippen LogP contribution in [0.1, 0.15) is 0 Å². The Balaban J connectivity index is 2.14. The number of benzene rings is 2. The maximum atomic E-state index is 13.1. The smallest absolute Gasteiger partial charge is 0.224 e. The van der Waals surface area contributed by atoms with Crippen molar-refractivity contribution in [1.82, 2.24) is 10.2 Å². The van der Waals surface area contributed by atoms with Gasteiger partial charge < -0.3 is 0 Å². The third-order valence-corrected chi connectivity index (χ3v) is 4.67. The monoisotopic (exact) mass is 343 g/mol. The van der Waals surface area contributed by atoms with E-state index in [0.29, 0.717) is 22.4 Å². The van der Waals surface area contributed by atoms with Crippen LogP contribution in [-0.2, 0) is 9.84 Å². The molecule has 0 atom stereocenters. The van der Waals surface area contributed by atoms with E-state index in [4.69, 9.17) is 5.39 Å². The minimum absolute atomic E-state index is 0.0591. The summed E-state index contributed by atoms with van der Waals surface area (Å²) in [5.41, 5.74) is 2.29. The number of hydrogen-bond acceptors (Lipinski definition) is 4. The minimum Gasteiger partial charge on any atom is -0.224 e. The van der Waals surface area contributed by atoms with Gasteiger partial charge in [0.1, 0.15) is 17.1 Å². The van der Waals surface area contributed by atoms with Crippen molar-refractivity contribution >= 4 is 15.7 Å². The molecule has 0 bridgehead atoms. The normalized spacial score (nSPS) is 11.2. The molecule has 0 spiro atoms. The largest absolute Gasteiger partial charge is 0.495 e. The van der Waals surface area contributed by atoms with Crippen LogP contribution in [0.15, 0.2) is 53.4 Å². The van der Waals surface area contributed by atoms with Crippen molar-refractivity contribution in [2.24, 2.45) is 0 Å². The highest BCUT2D eigenvalue weighted by Gasteiger charge is 2.26. The van der Waals surface area contributed by atoms with E-state index in [1.165, 1.54) is 24.3 Å². The molecule has 24 heavy (non-hydrogen) atoms. The number of halogens is 1. The lowest BCUT2D eigenvalue weighted by Gasteiger charge is -2.03. The molecule has 8 heteroatoms. The molecule has 3 rings (SSSR count). The van der Waals surface area contributed by atoms with Crippen LogP contribution in [-0.4, -0.2) is 24.9 Å². The number of rotatable bonds is 3. The Labute approximate surface area is 137 Å². The predicted octanol–water partition coefficient (Wildman–Crippen LogP) is 3.77. The Kier molecular flexibility index (Phi) is 3.87. The van der Waals surface area contributed by atoms with E-state index in [1.807, 2.05) is 0 Å². The van der Waals surface area contributed by atoms with E-state index in [2.05, 4.69) is 15.2 Å². The van der Waals surface area contributed by atoms with E-state index in [1.54, 1.807) is 24.3 Å². The molecule has 1 aromatic heterocycles. The van der Waals surface area contributed by atoms with Gasteiger partial charge in [0.2, 0.25) is 0 Å². The summed E-state index contributed by atoms with van der Waals surface area (Å²) in [6.45, 7) is 0. The first-order valence-corrected chi connectivity index (χ1v) is 8.79. The molecule has 0 aliphatic rings. The standard InChI is InChI=1S/C16H12FN4O2S/c1-24(22,23)13-8-4-11(5-9-13)15-14(16(19-18)21-20-15)10-2-6-12(17)7-3-10/h2-9H,1H3,(H,20,21)/q+1. The van der Waals surface area contributed by atoms with Crippen molar-refractivity contribution in [3.63, 3.8) is 0 Å². The van der Waals surface area contributed by atoms with Crippen LogP contribution in [0.2, 0.25) is 0 Å². The third kappa shape index (κ3) is 2.89. The number of aromatic nitrogens is 2. The van der Waals surface area contributed by atoms with Crippen molar-refractivity contribution in [3.8, 4) is 22.4 Å². The number of nitrogens with zero attached hydrogens (tertiary/aromatic N) is 3. The first-order chi connectivity index (χ1) is 11.4. The van der Waals surface area contributed by atoms with E-state index >= 15 is 0 Å². The first-order valence-electron chi connectivity index (χ1n) is 6.90. The number of sulfone groups is 1. The van der Waals surface area contributed by atoms with Crippen LogP contribution in [0.5, 0.6) is 0 Å². The molecule has 1 N–H and O–H groups in total. The Morgan fingerprint density at radius 3 is 2.17 bits per heavy atom. The maximum absolute atomic E-state index is 13.1. The van der Waals surface area contributed by atoms with Crippen LogP contribution >= 0.6 is 0 Å². The highest BCUT2D eigenvalue weighted by atomic mass is 32.2. The van der Waals surface area contributed by atoms with Crippen molar-refractivity contribution in [2.75, 3.05) is 6.26 Å². The van der Waals surface area contributed by atoms with Gasteiger partial charge in [-0.1, -0.05) is 24.3 Å². The summed E-state index contributed by atoms with van der Waals surface area (Å²) in [4.78, 5) is 3.34. The number of hydrogen-bond donors (Lipinski definition) is 1. The summed E-state index contributed by atoms with van der Waals surface area (Å²) >= 11 is 0. The lowest BCUT2D eigenvalue weighted by Crippen LogP contribution is -1.96. The van der Waals surface area contributed by atoms with Gasteiger partial charge in [-0.25, -0.2) is 12.8 Å². The quantitative estimate of drug-likeness (QED) is 0.733. The molecule has 0 unspecified atom stereocenters. The molecule has 1 heterocycles. The molecule has 6 nitrogen and oxygen atoms in total. The van der Waals surface area contributed by atoms with Crippen LogP contribution in [0, 0.1) is 11.2 Å². The molecule has 120 valence electrons. The second-order valence-corrected chi connectivity index (χ2v) is 7.22. The summed E-state index contributed by atoms with van der Waals surface area (Å²) in [6, 6.07) is 11.9. The molecule has 0 amide bonds. The zero-order valence-corrected chi connectivity index (χ0v) is 13.4. The second-order valence-electron chi connectivity index (χ2n) is 5.20. The highest BCUT2D eigenvalue weighted by molar-refractivity contribution is 7.90. The molecule has 0 radical (unpaired) electrons. The summed E-state index contributed by atoms with van der Waals surface area (Å²) in [5, 5.41) is 15.8. The Bertz CT molecular complexity index is 1030. The minimum atomic E-state index is -3.29. The van der Waals surface area contributed by atoms with Gasteiger partial charge in [0.15, 0.2) is 9.84 Å². The molecule has 0 aliphatic heterocycles. The van der Waals surface area contributed by atoms with Gasteiger partial charge in [0.25, 0.3) is 0 Å². The molecule has 0 saturated heterocycles. The molecular formula is C16H12FN4O2S+. The first kappa shape index (κ1) is 15.8. The van der Waals surface area contributed by atoms with E-state index < -0.39 is 9.84 Å².